The second-order valence-electron chi connectivity index (χ2n) is 2.39. The Morgan fingerprint density at radius 3 is 2.50 bits per heavy atom. The molecule has 0 aromatic rings. The van der Waals surface area contributed by atoms with Crippen LogP contribution in [0.15, 0.2) is 9.98 Å². The van der Waals surface area contributed by atoms with Crippen LogP contribution in [0, 0.1) is 5.92 Å². The molecule has 1 heterocycles. The third-order valence-electron chi connectivity index (χ3n) is 1.31. The maximum absolute atomic E-state index is 4.17. The maximum Gasteiger partial charge on any atom is 0.192 e. The van der Waals surface area contributed by atoms with Gasteiger partial charge in [-0.3, -0.25) is 15.3 Å². The van der Waals surface area contributed by atoms with E-state index in [2.05, 4.69) is 22.2 Å². The monoisotopic (exact) mass is 139 g/mol. The third kappa shape index (κ3) is 1.92. The van der Waals surface area contributed by atoms with Gasteiger partial charge in [-0.25, -0.2) is 0 Å². The van der Waals surface area contributed by atoms with E-state index in [1.807, 2.05) is 19.4 Å². The highest BCUT2D eigenvalue weighted by atomic mass is 15.2. The van der Waals surface area contributed by atoms with Crippen LogP contribution >= 0.6 is 0 Å². The Bertz CT molecular complexity index is 137. The molecule has 0 radical (unpaired) electrons. The van der Waals surface area contributed by atoms with Gasteiger partial charge in [0.15, 0.2) is 6.29 Å². The van der Waals surface area contributed by atoms with Crippen molar-refractivity contribution in [2.45, 2.75) is 20.1 Å². The second kappa shape index (κ2) is 3.46. The van der Waals surface area contributed by atoms with Crippen molar-refractivity contribution >= 4 is 12.4 Å². The van der Waals surface area contributed by atoms with Crippen molar-refractivity contribution in [3.05, 3.63) is 0 Å². The van der Waals surface area contributed by atoms with Crippen molar-refractivity contribution in [3.8, 4) is 0 Å². The number of hydrogen-bond acceptors (Lipinski definition) is 3. The van der Waals surface area contributed by atoms with Gasteiger partial charge in [0.25, 0.3) is 0 Å². The van der Waals surface area contributed by atoms with Gasteiger partial charge in [0.2, 0.25) is 0 Å². The van der Waals surface area contributed by atoms with Gasteiger partial charge in [-0.05, 0) is 6.54 Å². The Morgan fingerprint density at radius 1 is 1.40 bits per heavy atom. The van der Waals surface area contributed by atoms with E-state index in [1.165, 1.54) is 0 Å². The Hall–Kier alpha value is -0.700. The molecule has 3 heteroatoms. The summed E-state index contributed by atoms with van der Waals surface area (Å²) >= 11 is 0. The molecule has 0 bridgehead atoms. The van der Waals surface area contributed by atoms with Crippen molar-refractivity contribution in [3.63, 3.8) is 0 Å². The van der Waals surface area contributed by atoms with Crippen LogP contribution in [0.3, 0.4) is 0 Å². The molecule has 1 rings (SSSR count). The van der Waals surface area contributed by atoms with Gasteiger partial charge in [-0.2, -0.15) is 0 Å². The Labute approximate surface area is 61.3 Å². The number of rotatable bonds is 2. The molecule has 1 aliphatic rings. The van der Waals surface area contributed by atoms with Gasteiger partial charge in [0.05, 0.1) is 0 Å². The molecule has 0 atom stereocenters. The lowest BCUT2D eigenvalue weighted by Gasteiger charge is -2.12. The summed E-state index contributed by atoms with van der Waals surface area (Å²) in [6, 6.07) is 0. The minimum atomic E-state index is -0.0267. The first-order valence-corrected chi connectivity index (χ1v) is 3.63. The molecule has 10 heavy (non-hydrogen) atoms. The zero-order valence-electron chi connectivity index (χ0n) is 6.41. The van der Waals surface area contributed by atoms with E-state index >= 15 is 0 Å². The fraction of sp³-hybridized carbons (Fsp3) is 0.714. The number of aliphatic imine (C=N–C) groups is 2. The minimum Gasteiger partial charge on any atom is -0.277 e. The summed E-state index contributed by atoms with van der Waals surface area (Å²) in [6.45, 7) is 5.02. The van der Waals surface area contributed by atoms with Gasteiger partial charge in [0, 0.05) is 18.3 Å². The lowest BCUT2D eigenvalue weighted by atomic mass is 10.2. The van der Waals surface area contributed by atoms with Gasteiger partial charge in [-0.1, -0.05) is 13.8 Å². The fourth-order valence-corrected chi connectivity index (χ4v) is 0.800. The first kappa shape index (κ1) is 7.41. The summed E-state index contributed by atoms with van der Waals surface area (Å²) in [5.74, 6) is 0.398. The molecule has 56 valence electrons. The van der Waals surface area contributed by atoms with E-state index in [0.29, 0.717) is 5.92 Å². The third-order valence-corrected chi connectivity index (χ3v) is 1.31. The molecule has 0 unspecified atom stereocenters. The number of hydrogen-bond donors (Lipinski definition) is 1. The van der Waals surface area contributed by atoms with Crippen LogP contribution in [-0.4, -0.2) is 25.3 Å². The summed E-state index contributed by atoms with van der Waals surface area (Å²) in [5.41, 5.74) is 0. The molecular weight excluding hydrogens is 126 g/mol. The molecule has 0 aliphatic carbocycles. The molecule has 0 fully saturated rings. The summed E-state index contributed by atoms with van der Waals surface area (Å²) in [7, 11) is 0. The van der Waals surface area contributed by atoms with Crippen molar-refractivity contribution in [2.24, 2.45) is 15.9 Å². The molecule has 0 amide bonds. The average molecular weight is 139 g/mol. The first-order valence-electron chi connectivity index (χ1n) is 3.63. The number of nitrogens with zero attached hydrogens (tertiary/aromatic N) is 2. The summed E-state index contributed by atoms with van der Waals surface area (Å²) in [5, 5.41) is 3.11. The van der Waals surface area contributed by atoms with Gasteiger partial charge >= 0.3 is 0 Å². The standard InChI is InChI=1S/C7H13N3/c1-3-8-7-9-4-6(2)5-10-7/h4-8H,3H2,1-2H3. The summed E-state index contributed by atoms with van der Waals surface area (Å²) in [6.07, 6.45) is 3.81. The van der Waals surface area contributed by atoms with E-state index in [9.17, 15) is 0 Å². The van der Waals surface area contributed by atoms with Crippen molar-refractivity contribution in [2.75, 3.05) is 6.54 Å². The molecule has 0 spiro atoms. The van der Waals surface area contributed by atoms with Crippen LogP contribution in [0.5, 0.6) is 0 Å². The quantitative estimate of drug-likeness (QED) is 0.599. The van der Waals surface area contributed by atoms with Crippen molar-refractivity contribution in [1.29, 1.82) is 0 Å². The Balaban J connectivity index is 2.38. The van der Waals surface area contributed by atoms with E-state index in [0.717, 1.165) is 6.54 Å². The highest BCUT2D eigenvalue weighted by Crippen LogP contribution is 1.97. The molecule has 0 saturated heterocycles. The predicted molar refractivity (Wildman–Crippen MR) is 43.6 cm³/mol. The Kier molecular flexibility index (Phi) is 2.57. The maximum atomic E-state index is 4.17. The topological polar surface area (TPSA) is 36.8 Å². The molecule has 1 aliphatic heterocycles. The molecule has 0 saturated carbocycles. The largest absolute Gasteiger partial charge is 0.277 e. The van der Waals surface area contributed by atoms with Crippen molar-refractivity contribution in [1.82, 2.24) is 5.32 Å². The van der Waals surface area contributed by atoms with E-state index in [1.54, 1.807) is 0 Å². The van der Waals surface area contributed by atoms with Crippen LogP contribution < -0.4 is 5.32 Å². The van der Waals surface area contributed by atoms with Gasteiger partial charge < -0.3 is 0 Å². The average Bonchev–Trinajstić information content (AvgIpc) is 1.95. The molecule has 3 nitrogen and oxygen atoms in total. The molecule has 1 N–H and O–H groups in total. The Morgan fingerprint density at radius 2 is 2.00 bits per heavy atom. The van der Waals surface area contributed by atoms with Gasteiger partial charge in [-0.15, -0.1) is 0 Å². The zero-order valence-corrected chi connectivity index (χ0v) is 6.41. The van der Waals surface area contributed by atoms with E-state index in [-0.39, 0.29) is 6.29 Å². The highest BCUT2D eigenvalue weighted by Gasteiger charge is 2.04. The predicted octanol–water partition coefficient (Wildman–Crippen LogP) is 0.671. The van der Waals surface area contributed by atoms with E-state index < -0.39 is 0 Å². The smallest absolute Gasteiger partial charge is 0.192 e. The molecular formula is C7H13N3. The van der Waals surface area contributed by atoms with Crippen LogP contribution in [-0.2, 0) is 0 Å². The van der Waals surface area contributed by atoms with Crippen LogP contribution in [0.1, 0.15) is 13.8 Å². The second-order valence-corrected chi connectivity index (χ2v) is 2.39. The van der Waals surface area contributed by atoms with Crippen LogP contribution in [0.25, 0.3) is 0 Å². The van der Waals surface area contributed by atoms with Crippen molar-refractivity contribution < 1.29 is 0 Å². The summed E-state index contributed by atoms with van der Waals surface area (Å²) < 4.78 is 0. The van der Waals surface area contributed by atoms with E-state index in [4.69, 9.17) is 0 Å². The summed E-state index contributed by atoms with van der Waals surface area (Å²) in [4.78, 5) is 8.33. The lowest BCUT2D eigenvalue weighted by Crippen LogP contribution is -2.28. The molecule has 0 aromatic heterocycles. The number of nitrogens with one attached hydrogen (secondary N) is 1. The zero-order chi connectivity index (χ0) is 7.40. The first-order chi connectivity index (χ1) is 4.83. The SMILES string of the molecule is CCNC1N=CC(C)C=N1. The van der Waals surface area contributed by atoms with Gasteiger partial charge in [0.1, 0.15) is 0 Å². The highest BCUT2D eigenvalue weighted by molar-refractivity contribution is 5.84. The normalized spacial score (nSPS) is 31.0. The van der Waals surface area contributed by atoms with Crippen LogP contribution in [0.4, 0.5) is 0 Å². The van der Waals surface area contributed by atoms with Crippen LogP contribution in [0.2, 0.25) is 0 Å². The minimum absolute atomic E-state index is 0.0267. The molecule has 0 aromatic carbocycles. The lowest BCUT2D eigenvalue weighted by molar-refractivity contribution is 0.565. The fourth-order valence-electron chi connectivity index (χ4n) is 0.800.